The maximum Gasteiger partial charge on any atom is 0.310 e. The van der Waals surface area contributed by atoms with Gasteiger partial charge in [-0.2, -0.15) is 0 Å². The molecule has 0 spiro atoms. The van der Waals surface area contributed by atoms with Crippen molar-refractivity contribution in [2.24, 2.45) is 0 Å². The molecular weight excluding hydrogens is 302 g/mol. The number of aromatic nitrogens is 1. The van der Waals surface area contributed by atoms with Gasteiger partial charge < -0.3 is 5.32 Å². The Hall–Kier alpha value is -2.00. The molecule has 1 aromatic heterocycles. The van der Waals surface area contributed by atoms with E-state index in [1.165, 1.54) is 29.5 Å². The van der Waals surface area contributed by atoms with Crippen molar-refractivity contribution in [2.75, 3.05) is 11.6 Å². The van der Waals surface area contributed by atoms with Gasteiger partial charge in [0.15, 0.2) is 9.84 Å². The molecule has 9 heteroatoms. The van der Waals surface area contributed by atoms with Gasteiger partial charge in [-0.25, -0.2) is 13.4 Å². The van der Waals surface area contributed by atoms with Crippen LogP contribution in [0.2, 0.25) is 0 Å². The zero-order chi connectivity index (χ0) is 14.8. The lowest BCUT2D eigenvalue weighted by Crippen LogP contribution is -2.07. The number of anilines is 1. The number of rotatable bonds is 5. The van der Waals surface area contributed by atoms with Crippen LogP contribution in [0.1, 0.15) is 5.69 Å². The SMILES string of the molecule is CS(=O)(=O)c1cccc(NCc2cscn2)c1[N+](=O)[O-]. The van der Waals surface area contributed by atoms with Gasteiger partial charge in [-0.3, -0.25) is 10.1 Å². The first kappa shape index (κ1) is 14.4. The van der Waals surface area contributed by atoms with E-state index >= 15 is 0 Å². The predicted molar refractivity (Wildman–Crippen MR) is 75.6 cm³/mol. The summed E-state index contributed by atoms with van der Waals surface area (Å²) >= 11 is 1.41. The molecule has 1 aromatic carbocycles. The van der Waals surface area contributed by atoms with Gasteiger partial charge in [0.2, 0.25) is 0 Å². The van der Waals surface area contributed by atoms with Gasteiger partial charge in [0.25, 0.3) is 0 Å². The number of nitrogens with zero attached hydrogens (tertiary/aromatic N) is 2. The summed E-state index contributed by atoms with van der Waals surface area (Å²) in [7, 11) is -3.67. The molecule has 0 aliphatic heterocycles. The van der Waals surface area contributed by atoms with E-state index in [9.17, 15) is 18.5 Å². The molecule has 0 bridgehead atoms. The number of nitro benzene ring substituents is 1. The van der Waals surface area contributed by atoms with E-state index in [0.29, 0.717) is 0 Å². The van der Waals surface area contributed by atoms with Gasteiger partial charge in [0.1, 0.15) is 10.6 Å². The average molecular weight is 313 g/mol. The third-order valence-corrected chi connectivity index (χ3v) is 4.29. The van der Waals surface area contributed by atoms with Crippen molar-refractivity contribution in [3.8, 4) is 0 Å². The molecule has 7 nitrogen and oxygen atoms in total. The van der Waals surface area contributed by atoms with E-state index < -0.39 is 20.4 Å². The first-order chi connectivity index (χ1) is 9.39. The summed E-state index contributed by atoms with van der Waals surface area (Å²) in [5.74, 6) is 0. The summed E-state index contributed by atoms with van der Waals surface area (Å²) in [5, 5.41) is 15.8. The summed E-state index contributed by atoms with van der Waals surface area (Å²) in [5.41, 5.74) is 2.10. The van der Waals surface area contributed by atoms with Crippen LogP contribution in [0, 0.1) is 10.1 Å². The number of benzene rings is 1. The molecule has 20 heavy (non-hydrogen) atoms. The standard InChI is InChI=1S/C11H11N3O4S2/c1-20(17,18)10-4-2-3-9(11(10)14(15)16)12-5-8-6-19-7-13-8/h2-4,6-7,12H,5H2,1H3. The van der Waals surface area contributed by atoms with Gasteiger partial charge in [0, 0.05) is 11.6 Å². The predicted octanol–water partition coefficient (Wildman–Crippen LogP) is 2.07. The van der Waals surface area contributed by atoms with Crippen molar-refractivity contribution in [3.05, 3.63) is 44.9 Å². The zero-order valence-corrected chi connectivity index (χ0v) is 12.1. The number of nitrogens with one attached hydrogen (secondary N) is 1. The van der Waals surface area contributed by atoms with Crippen LogP contribution in [0.15, 0.2) is 34.0 Å². The monoisotopic (exact) mass is 313 g/mol. The second-order valence-electron chi connectivity index (χ2n) is 4.01. The van der Waals surface area contributed by atoms with Crippen LogP contribution in [0.25, 0.3) is 0 Å². The smallest absolute Gasteiger partial charge is 0.310 e. The Bertz CT molecular complexity index is 726. The van der Waals surface area contributed by atoms with Crippen LogP contribution in [0.4, 0.5) is 11.4 Å². The van der Waals surface area contributed by atoms with E-state index in [1.54, 1.807) is 10.9 Å². The number of para-hydroxylation sites is 1. The first-order valence-corrected chi connectivity index (χ1v) is 8.31. The number of sulfone groups is 1. The number of nitro groups is 1. The Morgan fingerprint density at radius 1 is 1.45 bits per heavy atom. The summed E-state index contributed by atoms with van der Waals surface area (Å²) in [6.45, 7) is 0.289. The molecule has 0 saturated carbocycles. The van der Waals surface area contributed by atoms with Crippen LogP contribution in [0.3, 0.4) is 0 Å². The Morgan fingerprint density at radius 3 is 2.75 bits per heavy atom. The Kier molecular flexibility index (Phi) is 4.00. The minimum atomic E-state index is -3.67. The molecule has 106 valence electrons. The van der Waals surface area contributed by atoms with E-state index in [-0.39, 0.29) is 17.1 Å². The normalized spacial score (nSPS) is 11.2. The fourth-order valence-corrected chi connectivity index (χ4v) is 3.08. The molecule has 0 atom stereocenters. The Balaban J connectivity index is 2.40. The summed E-state index contributed by atoms with van der Waals surface area (Å²) < 4.78 is 23.2. The topological polar surface area (TPSA) is 102 Å². The lowest BCUT2D eigenvalue weighted by molar-refractivity contribution is -0.386. The third kappa shape index (κ3) is 3.11. The second-order valence-corrected chi connectivity index (χ2v) is 6.72. The summed E-state index contributed by atoms with van der Waals surface area (Å²) in [4.78, 5) is 14.2. The minimum absolute atomic E-state index is 0.158. The second kappa shape index (κ2) is 5.55. The van der Waals surface area contributed by atoms with Crippen LogP contribution < -0.4 is 5.32 Å². The van der Waals surface area contributed by atoms with Crippen LogP contribution in [0.5, 0.6) is 0 Å². The van der Waals surface area contributed by atoms with Crippen LogP contribution >= 0.6 is 11.3 Å². The van der Waals surface area contributed by atoms with Crippen molar-refractivity contribution in [3.63, 3.8) is 0 Å². The lowest BCUT2D eigenvalue weighted by Gasteiger charge is -2.08. The molecule has 2 aromatic rings. The van der Waals surface area contributed by atoms with E-state index in [4.69, 9.17) is 0 Å². The molecule has 0 aliphatic carbocycles. The van der Waals surface area contributed by atoms with E-state index in [0.717, 1.165) is 11.9 Å². The molecule has 0 aliphatic rings. The largest absolute Gasteiger partial charge is 0.374 e. The highest BCUT2D eigenvalue weighted by Gasteiger charge is 2.25. The van der Waals surface area contributed by atoms with Gasteiger partial charge in [-0.15, -0.1) is 11.3 Å². The minimum Gasteiger partial charge on any atom is -0.374 e. The van der Waals surface area contributed by atoms with Crippen molar-refractivity contribution < 1.29 is 13.3 Å². The summed E-state index contributed by atoms with van der Waals surface area (Å²) in [6, 6.07) is 4.16. The molecule has 1 heterocycles. The van der Waals surface area contributed by atoms with Crippen molar-refractivity contribution in [2.45, 2.75) is 11.4 Å². The molecule has 0 amide bonds. The van der Waals surface area contributed by atoms with Crippen LogP contribution in [-0.4, -0.2) is 24.6 Å². The molecule has 2 rings (SSSR count). The van der Waals surface area contributed by atoms with Crippen molar-refractivity contribution >= 4 is 32.5 Å². The van der Waals surface area contributed by atoms with Crippen molar-refractivity contribution in [1.82, 2.24) is 4.98 Å². The quantitative estimate of drug-likeness (QED) is 0.669. The van der Waals surface area contributed by atoms with E-state index in [1.807, 2.05) is 0 Å². The number of thiazole rings is 1. The van der Waals surface area contributed by atoms with Gasteiger partial charge >= 0.3 is 5.69 Å². The first-order valence-electron chi connectivity index (χ1n) is 5.48. The highest BCUT2D eigenvalue weighted by atomic mass is 32.2. The van der Waals surface area contributed by atoms with Gasteiger partial charge in [-0.05, 0) is 12.1 Å². The van der Waals surface area contributed by atoms with E-state index in [2.05, 4.69) is 10.3 Å². The fraction of sp³-hybridized carbons (Fsp3) is 0.182. The molecular formula is C11H11N3O4S2. The highest BCUT2D eigenvalue weighted by molar-refractivity contribution is 7.90. The van der Waals surface area contributed by atoms with Crippen LogP contribution in [-0.2, 0) is 16.4 Å². The lowest BCUT2D eigenvalue weighted by atomic mass is 10.2. The fourth-order valence-electron chi connectivity index (χ4n) is 1.66. The van der Waals surface area contributed by atoms with Gasteiger partial charge in [-0.1, -0.05) is 6.07 Å². The maximum atomic E-state index is 11.6. The maximum absolute atomic E-state index is 11.6. The van der Waals surface area contributed by atoms with Crippen molar-refractivity contribution in [1.29, 1.82) is 0 Å². The third-order valence-electron chi connectivity index (χ3n) is 2.52. The Morgan fingerprint density at radius 2 is 2.20 bits per heavy atom. The summed E-state index contributed by atoms with van der Waals surface area (Å²) in [6.07, 6.45) is 0.944. The van der Waals surface area contributed by atoms with Gasteiger partial charge in [0.05, 0.1) is 22.7 Å². The molecule has 1 N–H and O–H groups in total. The Labute approximate surface area is 119 Å². The molecule has 0 unspecified atom stereocenters. The molecule has 0 fully saturated rings. The molecule has 0 saturated heterocycles. The highest BCUT2D eigenvalue weighted by Crippen LogP contribution is 2.32. The molecule has 0 radical (unpaired) electrons. The number of hydrogen-bond acceptors (Lipinski definition) is 7. The average Bonchev–Trinajstić information content (AvgIpc) is 2.87. The number of hydrogen-bond donors (Lipinski definition) is 1. The zero-order valence-electron chi connectivity index (χ0n) is 10.4.